The lowest BCUT2D eigenvalue weighted by molar-refractivity contribution is -0.122. The van der Waals surface area contributed by atoms with Gasteiger partial charge < -0.3 is 19.9 Å². The standard InChI is InChI=1S/C23H27F2N3O3/c1-3-27(4-2)9-10-31-21-7-5-19(6-8-21)26-23(30)16-11-22(29)28(15-16)20-13-17(24)12-18(25)14-20/h5-8,12-14,16H,3-4,9-11,15H2,1-2H3,(H,26,30). The molecule has 0 radical (unpaired) electrons. The van der Waals surface area contributed by atoms with Gasteiger partial charge in [0.1, 0.15) is 24.0 Å². The Labute approximate surface area is 180 Å². The van der Waals surface area contributed by atoms with Crippen molar-refractivity contribution in [1.82, 2.24) is 4.90 Å². The third-order valence-electron chi connectivity index (χ3n) is 5.35. The Morgan fingerprint density at radius 2 is 1.77 bits per heavy atom. The highest BCUT2D eigenvalue weighted by Crippen LogP contribution is 2.27. The second-order valence-electron chi connectivity index (χ2n) is 7.42. The molecule has 1 atom stereocenters. The van der Waals surface area contributed by atoms with Crippen molar-refractivity contribution in [3.63, 3.8) is 0 Å². The number of hydrogen-bond acceptors (Lipinski definition) is 4. The van der Waals surface area contributed by atoms with E-state index in [4.69, 9.17) is 4.74 Å². The number of anilines is 2. The number of nitrogens with zero attached hydrogens (tertiary/aromatic N) is 2. The van der Waals surface area contributed by atoms with E-state index in [2.05, 4.69) is 24.1 Å². The SMILES string of the molecule is CCN(CC)CCOc1ccc(NC(=O)C2CC(=O)N(c3cc(F)cc(F)c3)C2)cc1. The van der Waals surface area contributed by atoms with Gasteiger partial charge in [-0.25, -0.2) is 8.78 Å². The van der Waals surface area contributed by atoms with Crippen LogP contribution >= 0.6 is 0 Å². The maximum Gasteiger partial charge on any atom is 0.229 e. The molecule has 166 valence electrons. The molecule has 1 fully saturated rings. The number of likely N-dealkylation sites (N-methyl/N-ethyl adjacent to an activating group) is 1. The van der Waals surface area contributed by atoms with Crippen molar-refractivity contribution < 1.29 is 23.1 Å². The zero-order valence-electron chi connectivity index (χ0n) is 17.7. The number of halogens is 2. The maximum atomic E-state index is 13.5. The van der Waals surface area contributed by atoms with Gasteiger partial charge in [-0.3, -0.25) is 9.59 Å². The highest BCUT2D eigenvalue weighted by molar-refractivity contribution is 6.03. The molecule has 3 rings (SSSR count). The van der Waals surface area contributed by atoms with Crippen LogP contribution in [0.15, 0.2) is 42.5 Å². The Bertz CT molecular complexity index is 897. The van der Waals surface area contributed by atoms with E-state index in [0.717, 1.165) is 37.8 Å². The van der Waals surface area contributed by atoms with Crippen LogP contribution in [-0.2, 0) is 9.59 Å². The fraction of sp³-hybridized carbons (Fsp3) is 0.391. The predicted octanol–water partition coefficient (Wildman–Crippen LogP) is 3.68. The summed E-state index contributed by atoms with van der Waals surface area (Å²) in [6.07, 6.45) is -0.0173. The van der Waals surface area contributed by atoms with E-state index in [1.54, 1.807) is 24.3 Å². The highest BCUT2D eigenvalue weighted by atomic mass is 19.1. The Balaban J connectivity index is 1.54. The second kappa shape index (κ2) is 10.3. The largest absolute Gasteiger partial charge is 0.492 e. The van der Waals surface area contributed by atoms with Crippen LogP contribution in [0.5, 0.6) is 5.75 Å². The van der Waals surface area contributed by atoms with Crippen molar-refractivity contribution >= 4 is 23.2 Å². The number of rotatable bonds is 9. The minimum Gasteiger partial charge on any atom is -0.492 e. The average molecular weight is 431 g/mol. The Kier molecular flexibility index (Phi) is 7.57. The van der Waals surface area contributed by atoms with Crippen LogP contribution in [0.4, 0.5) is 20.2 Å². The highest BCUT2D eigenvalue weighted by Gasteiger charge is 2.35. The summed E-state index contributed by atoms with van der Waals surface area (Å²) in [5.41, 5.74) is 0.702. The van der Waals surface area contributed by atoms with E-state index < -0.39 is 17.6 Å². The van der Waals surface area contributed by atoms with E-state index in [0.29, 0.717) is 18.0 Å². The lowest BCUT2D eigenvalue weighted by atomic mass is 10.1. The van der Waals surface area contributed by atoms with Gasteiger partial charge in [-0.2, -0.15) is 0 Å². The van der Waals surface area contributed by atoms with Crippen LogP contribution in [0.2, 0.25) is 0 Å². The first-order valence-electron chi connectivity index (χ1n) is 10.4. The van der Waals surface area contributed by atoms with Gasteiger partial charge in [-0.1, -0.05) is 13.8 Å². The molecule has 0 saturated carbocycles. The quantitative estimate of drug-likeness (QED) is 0.658. The monoisotopic (exact) mass is 431 g/mol. The molecule has 2 amide bonds. The Hall–Kier alpha value is -3.00. The Morgan fingerprint density at radius 1 is 1.13 bits per heavy atom. The molecule has 2 aromatic carbocycles. The molecule has 1 heterocycles. The van der Waals surface area contributed by atoms with Crippen molar-refractivity contribution in [1.29, 1.82) is 0 Å². The third kappa shape index (κ3) is 6.01. The predicted molar refractivity (Wildman–Crippen MR) is 115 cm³/mol. The molecule has 1 aliphatic heterocycles. The van der Waals surface area contributed by atoms with Crippen LogP contribution in [0.25, 0.3) is 0 Å². The van der Waals surface area contributed by atoms with E-state index >= 15 is 0 Å². The summed E-state index contributed by atoms with van der Waals surface area (Å²) in [6.45, 7) is 7.64. The molecule has 1 unspecified atom stereocenters. The lowest BCUT2D eigenvalue weighted by Crippen LogP contribution is -2.28. The molecule has 0 aromatic heterocycles. The third-order valence-corrected chi connectivity index (χ3v) is 5.35. The summed E-state index contributed by atoms with van der Waals surface area (Å²) in [5, 5.41) is 2.79. The minimum absolute atomic E-state index is 0.0173. The zero-order valence-corrected chi connectivity index (χ0v) is 17.7. The van der Waals surface area contributed by atoms with Crippen LogP contribution in [-0.4, -0.2) is 49.5 Å². The van der Waals surface area contributed by atoms with Crippen molar-refractivity contribution in [2.75, 3.05) is 43.0 Å². The summed E-state index contributed by atoms with van der Waals surface area (Å²) < 4.78 is 32.7. The number of carbonyl (C=O) groups is 2. The lowest BCUT2D eigenvalue weighted by Gasteiger charge is -2.18. The van der Waals surface area contributed by atoms with Gasteiger partial charge in [-0.05, 0) is 49.5 Å². The van der Waals surface area contributed by atoms with Crippen molar-refractivity contribution in [3.05, 3.63) is 54.1 Å². The summed E-state index contributed by atoms with van der Waals surface area (Å²) in [5.74, 6) is -2.10. The van der Waals surface area contributed by atoms with Gasteiger partial charge in [0, 0.05) is 37.0 Å². The smallest absolute Gasteiger partial charge is 0.229 e. The normalized spacial score (nSPS) is 16.1. The minimum atomic E-state index is -0.768. The zero-order chi connectivity index (χ0) is 22.4. The van der Waals surface area contributed by atoms with Gasteiger partial charge in [0.05, 0.1) is 5.92 Å². The van der Waals surface area contributed by atoms with Crippen LogP contribution in [0.3, 0.4) is 0 Å². The number of ether oxygens (including phenoxy) is 1. The van der Waals surface area contributed by atoms with Crippen LogP contribution < -0.4 is 15.0 Å². The van der Waals surface area contributed by atoms with Gasteiger partial charge in [0.2, 0.25) is 11.8 Å². The van der Waals surface area contributed by atoms with E-state index in [1.165, 1.54) is 4.90 Å². The molecule has 1 aliphatic rings. The summed E-state index contributed by atoms with van der Waals surface area (Å²) in [6, 6.07) is 9.94. The fourth-order valence-corrected chi connectivity index (χ4v) is 3.54. The molecule has 0 spiro atoms. The summed E-state index contributed by atoms with van der Waals surface area (Å²) in [4.78, 5) is 28.4. The molecule has 31 heavy (non-hydrogen) atoms. The topological polar surface area (TPSA) is 61.9 Å². The van der Waals surface area contributed by atoms with Crippen molar-refractivity contribution in [2.45, 2.75) is 20.3 Å². The van der Waals surface area contributed by atoms with Gasteiger partial charge in [0.15, 0.2) is 0 Å². The Morgan fingerprint density at radius 3 is 2.39 bits per heavy atom. The first-order valence-corrected chi connectivity index (χ1v) is 10.4. The number of hydrogen-bond donors (Lipinski definition) is 1. The first-order chi connectivity index (χ1) is 14.9. The molecule has 6 nitrogen and oxygen atoms in total. The number of carbonyl (C=O) groups excluding carboxylic acids is 2. The molecule has 1 N–H and O–H groups in total. The van der Waals surface area contributed by atoms with Crippen LogP contribution in [0.1, 0.15) is 20.3 Å². The molecule has 0 aliphatic carbocycles. The van der Waals surface area contributed by atoms with Crippen molar-refractivity contribution in [2.24, 2.45) is 5.92 Å². The number of benzene rings is 2. The first kappa shape index (κ1) is 22.7. The molecule has 0 bridgehead atoms. The molecule has 8 heteroatoms. The fourth-order valence-electron chi connectivity index (χ4n) is 3.54. The van der Waals surface area contributed by atoms with Gasteiger partial charge in [0.25, 0.3) is 0 Å². The second-order valence-corrected chi connectivity index (χ2v) is 7.42. The van der Waals surface area contributed by atoms with E-state index in [1.807, 2.05) is 0 Å². The van der Waals surface area contributed by atoms with Gasteiger partial charge in [-0.15, -0.1) is 0 Å². The average Bonchev–Trinajstić information content (AvgIpc) is 3.13. The summed E-state index contributed by atoms with van der Waals surface area (Å²) >= 11 is 0. The number of nitrogens with one attached hydrogen (secondary N) is 1. The molecule has 1 saturated heterocycles. The molecular weight excluding hydrogens is 404 g/mol. The van der Waals surface area contributed by atoms with E-state index in [-0.39, 0.29) is 30.5 Å². The summed E-state index contributed by atoms with van der Waals surface area (Å²) in [7, 11) is 0. The molecular formula is C23H27F2N3O3. The maximum absolute atomic E-state index is 13.5. The molecule has 2 aromatic rings. The van der Waals surface area contributed by atoms with E-state index in [9.17, 15) is 18.4 Å². The van der Waals surface area contributed by atoms with Crippen molar-refractivity contribution in [3.8, 4) is 5.75 Å². The van der Waals surface area contributed by atoms with Crippen LogP contribution in [0, 0.1) is 17.6 Å². The number of amides is 2. The van der Waals surface area contributed by atoms with Gasteiger partial charge >= 0.3 is 0 Å².